The monoisotopic (exact) mass is 604 g/mol. The lowest BCUT2D eigenvalue weighted by Gasteiger charge is -2.38. The molecule has 1 aliphatic rings. The van der Waals surface area contributed by atoms with Gasteiger partial charge in [-0.1, -0.05) is 91.0 Å². The number of benzene rings is 5. The second-order valence-corrected chi connectivity index (χ2v) is 12.1. The SMILES string of the molecule is CN(C)C[C@@H]1Cc2ccccc2CN1C(=O)c1ccccc1-n1cc(C(=O)N(c2ccccc2)c2ccccc2)c2ccccc21. The fraction of sp³-hybridized carbons (Fsp3) is 0.150. The van der Waals surface area contributed by atoms with Crippen molar-refractivity contribution < 1.29 is 9.59 Å². The zero-order valence-electron chi connectivity index (χ0n) is 26.1. The number of aromatic nitrogens is 1. The normalized spacial score (nSPS) is 14.3. The third-order valence-corrected chi connectivity index (χ3v) is 8.76. The van der Waals surface area contributed by atoms with Crippen molar-refractivity contribution in [2.24, 2.45) is 0 Å². The summed E-state index contributed by atoms with van der Waals surface area (Å²) < 4.78 is 2.00. The van der Waals surface area contributed by atoms with Gasteiger partial charge in [-0.2, -0.15) is 0 Å². The number of nitrogens with zero attached hydrogens (tertiary/aromatic N) is 4. The van der Waals surface area contributed by atoms with Crippen LogP contribution in [0.15, 0.2) is 140 Å². The van der Waals surface area contributed by atoms with Crippen LogP contribution in [-0.4, -0.2) is 52.9 Å². The Labute approximate surface area is 269 Å². The van der Waals surface area contributed by atoms with E-state index in [9.17, 15) is 9.59 Å². The van der Waals surface area contributed by atoms with Crippen molar-refractivity contribution in [1.82, 2.24) is 14.4 Å². The quantitative estimate of drug-likeness (QED) is 0.187. The fourth-order valence-electron chi connectivity index (χ4n) is 6.64. The number of hydrogen-bond donors (Lipinski definition) is 0. The van der Waals surface area contributed by atoms with Crippen LogP contribution in [0.4, 0.5) is 11.4 Å². The van der Waals surface area contributed by atoms with Crippen molar-refractivity contribution in [3.63, 3.8) is 0 Å². The molecule has 0 bridgehead atoms. The molecule has 2 heterocycles. The molecule has 7 rings (SSSR count). The van der Waals surface area contributed by atoms with E-state index in [0.717, 1.165) is 40.9 Å². The number of fused-ring (bicyclic) bond motifs is 2. The van der Waals surface area contributed by atoms with Gasteiger partial charge >= 0.3 is 0 Å². The zero-order chi connectivity index (χ0) is 31.6. The summed E-state index contributed by atoms with van der Waals surface area (Å²) in [4.78, 5) is 35.1. The average Bonchev–Trinajstić information content (AvgIpc) is 3.48. The van der Waals surface area contributed by atoms with Gasteiger partial charge < -0.3 is 14.4 Å². The molecule has 46 heavy (non-hydrogen) atoms. The lowest BCUT2D eigenvalue weighted by atomic mass is 9.93. The third-order valence-electron chi connectivity index (χ3n) is 8.76. The predicted molar refractivity (Wildman–Crippen MR) is 185 cm³/mol. The topological polar surface area (TPSA) is 48.8 Å². The second-order valence-electron chi connectivity index (χ2n) is 12.1. The number of carbonyl (C=O) groups excluding carboxylic acids is 2. The van der Waals surface area contributed by atoms with Gasteiger partial charge in [0.15, 0.2) is 0 Å². The Morgan fingerprint density at radius 1 is 0.674 bits per heavy atom. The van der Waals surface area contributed by atoms with E-state index in [-0.39, 0.29) is 17.9 Å². The first-order valence-corrected chi connectivity index (χ1v) is 15.7. The molecule has 1 aromatic heterocycles. The van der Waals surface area contributed by atoms with Crippen LogP contribution in [0.3, 0.4) is 0 Å². The number of hydrogen-bond acceptors (Lipinski definition) is 3. The van der Waals surface area contributed by atoms with Crippen molar-refractivity contribution in [3.8, 4) is 5.69 Å². The predicted octanol–water partition coefficient (Wildman–Crippen LogP) is 7.74. The maximum atomic E-state index is 14.6. The lowest BCUT2D eigenvalue weighted by molar-refractivity contribution is 0.0606. The largest absolute Gasteiger partial charge is 0.330 e. The zero-order valence-corrected chi connectivity index (χ0v) is 26.1. The first-order valence-electron chi connectivity index (χ1n) is 15.7. The van der Waals surface area contributed by atoms with Crippen LogP contribution in [-0.2, 0) is 13.0 Å². The molecule has 1 atom stereocenters. The van der Waals surface area contributed by atoms with Gasteiger partial charge in [0.1, 0.15) is 0 Å². The summed E-state index contributed by atoms with van der Waals surface area (Å²) in [5.41, 5.74) is 6.82. The van der Waals surface area contributed by atoms with E-state index in [1.54, 1.807) is 4.90 Å². The highest BCUT2D eigenvalue weighted by atomic mass is 16.2. The molecule has 6 aromatic rings. The highest BCUT2D eigenvalue weighted by Gasteiger charge is 2.32. The molecule has 5 aromatic carbocycles. The molecule has 1 aliphatic heterocycles. The van der Waals surface area contributed by atoms with Gasteiger partial charge in [0.05, 0.1) is 22.3 Å². The minimum Gasteiger partial charge on any atom is -0.330 e. The molecule has 0 unspecified atom stereocenters. The minimum absolute atomic E-state index is 0.0159. The van der Waals surface area contributed by atoms with Crippen LogP contribution < -0.4 is 4.90 Å². The summed E-state index contributed by atoms with van der Waals surface area (Å²) in [6.45, 7) is 1.32. The summed E-state index contributed by atoms with van der Waals surface area (Å²) in [6, 6.07) is 43.5. The first kappa shape index (κ1) is 29.3. The van der Waals surface area contributed by atoms with Gasteiger partial charge in [-0.3, -0.25) is 14.5 Å². The smallest absolute Gasteiger partial charge is 0.265 e. The Hall–Kier alpha value is -5.46. The standard InChI is InChI=1S/C40H36N4O2/c1-41(2)27-33-25-29-15-9-10-16-30(29)26-42(33)39(45)35-22-12-14-24-38(35)43-28-36(34-21-11-13-23-37(34)43)40(46)44(31-17-5-3-6-18-31)32-19-7-4-8-20-32/h3-24,28,33H,25-27H2,1-2H3/t33-/m0/s1. The van der Waals surface area contributed by atoms with Crippen molar-refractivity contribution in [2.75, 3.05) is 25.5 Å². The number of para-hydroxylation sites is 4. The summed E-state index contributed by atoms with van der Waals surface area (Å²) >= 11 is 0. The molecular weight excluding hydrogens is 568 g/mol. The molecule has 228 valence electrons. The van der Waals surface area contributed by atoms with Crippen LogP contribution in [0.2, 0.25) is 0 Å². The van der Waals surface area contributed by atoms with E-state index in [4.69, 9.17) is 0 Å². The van der Waals surface area contributed by atoms with E-state index in [1.165, 1.54) is 11.1 Å². The molecule has 2 amide bonds. The number of likely N-dealkylation sites (N-methyl/N-ethyl adjacent to an activating group) is 1. The van der Waals surface area contributed by atoms with Crippen molar-refractivity contribution in [3.05, 3.63) is 162 Å². The maximum Gasteiger partial charge on any atom is 0.265 e. The van der Waals surface area contributed by atoms with E-state index in [1.807, 2.05) is 131 Å². The molecule has 6 heteroatoms. The molecule has 6 nitrogen and oxygen atoms in total. The molecule has 0 saturated heterocycles. The third kappa shape index (κ3) is 5.48. The van der Waals surface area contributed by atoms with Gasteiger partial charge in [-0.15, -0.1) is 0 Å². The van der Waals surface area contributed by atoms with Crippen LogP contribution in [0.25, 0.3) is 16.6 Å². The van der Waals surface area contributed by atoms with Gasteiger partial charge in [0, 0.05) is 42.1 Å². The summed E-state index contributed by atoms with van der Waals surface area (Å²) in [6.07, 6.45) is 2.70. The van der Waals surface area contributed by atoms with Crippen LogP contribution in [0.5, 0.6) is 0 Å². The van der Waals surface area contributed by atoms with Gasteiger partial charge in [-0.05, 0) is 74.1 Å². The Kier molecular flexibility index (Phi) is 7.95. The highest BCUT2D eigenvalue weighted by Crippen LogP contribution is 2.33. The molecular formula is C40H36N4O2. The Morgan fingerprint density at radius 2 is 1.26 bits per heavy atom. The number of anilines is 2. The molecule has 0 fully saturated rings. The summed E-state index contributed by atoms with van der Waals surface area (Å²) in [5, 5.41) is 0.823. The summed E-state index contributed by atoms with van der Waals surface area (Å²) in [5.74, 6) is -0.160. The van der Waals surface area contributed by atoms with Gasteiger partial charge in [0.25, 0.3) is 11.8 Å². The highest BCUT2D eigenvalue weighted by molar-refractivity contribution is 6.17. The minimum atomic E-state index is -0.144. The fourth-order valence-corrected chi connectivity index (χ4v) is 6.64. The Morgan fingerprint density at radius 3 is 1.96 bits per heavy atom. The van der Waals surface area contributed by atoms with Crippen LogP contribution >= 0.6 is 0 Å². The molecule has 0 aliphatic carbocycles. The molecule has 0 saturated carbocycles. The van der Waals surface area contributed by atoms with Gasteiger partial charge in [0.2, 0.25) is 0 Å². The average molecular weight is 605 g/mol. The number of carbonyl (C=O) groups is 2. The number of amides is 2. The van der Waals surface area contributed by atoms with E-state index in [2.05, 4.69) is 37.2 Å². The molecule has 0 spiro atoms. The number of rotatable bonds is 7. The maximum absolute atomic E-state index is 14.6. The van der Waals surface area contributed by atoms with E-state index >= 15 is 0 Å². The van der Waals surface area contributed by atoms with Crippen molar-refractivity contribution in [1.29, 1.82) is 0 Å². The Balaban J connectivity index is 1.33. The molecule has 0 radical (unpaired) electrons. The van der Waals surface area contributed by atoms with Gasteiger partial charge in [-0.25, -0.2) is 0 Å². The first-order chi connectivity index (χ1) is 22.5. The lowest BCUT2D eigenvalue weighted by Crippen LogP contribution is -2.49. The summed E-state index contributed by atoms with van der Waals surface area (Å²) in [7, 11) is 4.10. The van der Waals surface area contributed by atoms with Crippen molar-refractivity contribution >= 4 is 34.1 Å². The van der Waals surface area contributed by atoms with E-state index in [0.29, 0.717) is 17.7 Å². The molecule has 0 N–H and O–H groups in total. The van der Waals surface area contributed by atoms with E-state index < -0.39 is 0 Å². The van der Waals surface area contributed by atoms with Crippen LogP contribution in [0, 0.1) is 0 Å². The van der Waals surface area contributed by atoms with Crippen molar-refractivity contribution in [2.45, 2.75) is 19.0 Å². The Bertz CT molecular complexity index is 1980. The second kappa shape index (κ2) is 12.5. The van der Waals surface area contributed by atoms with Crippen LogP contribution in [0.1, 0.15) is 31.8 Å².